The van der Waals surface area contributed by atoms with Crippen molar-refractivity contribution in [3.8, 4) is 5.75 Å². The predicted octanol–water partition coefficient (Wildman–Crippen LogP) is 4.42. The Bertz CT molecular complexity index is 1120. The Kier molecular flexibility index (Phi) is 6.24. The number of ether oxygens (including phenoxy) is 1. The minimum atomic E-state index is -4.02. The molecule has 0 amide bonds. The monoisotopic (exact) mass is 453 g/mol. The molecule has 9 heteroatoms. The highest BCUT2D eigenvalue weighted by atomic mass is 35.5. The standard InChI is InChI=1S/C20H21Cl2N3O3S/c1-12-11-16(21)13(2)19(17(12)22)29(26,27)24-18(20-23-9-10-25(20)3)14-5-7-15(28-4)8-6-14/h5-11,18,24H,1-4H3/t18-/m1/s1. The Morgan fingerprint density at radius 3 is 2.38 bits per heavy atom. The first kappa shape index (κ1) is 21.6. The van der Waals surface area contributed by atoms with E-state index < -0.39 is 16.1 Å². The van der Waals surface area contributed by atoms with E-state index in [4.69, 9.17) is 27.9 Å². The number of hydrogen-bond donors (Lipinski definition) is 1. The van der Waals surface area contributed by atoms with Crippen LogP contribution >= 0.6 is 23.2 Å². The van der Waals surface area contributed by atoms with E-state index in [0.29, 0.717) is 33.3 Å². The number of aryl methyl sites for hydroxylation is 2. The maximum Gasteiger partial charge on any atom is 0.243 e. The van der Waals surface area contributed by atoms with Crippen molar-refractivity contribution in [1.82, 2.24) is 14.3 Å². The summed E-state index contributed by atoms with van der Waals surface area (Å²) < 4.78 is 36.5. The zero-order chi connectivity index (χ0) is 21.3. The van der Waals surface area contributed by atoms with E-state index in [1.54, 1.807) is 75.3 Å². The van der Waals surface area contributed by atoms with Gasteiger partial charge in [-0.3, -0.25) is 0 Å². The van der Waals surface area contributed by atoms with Gasteiger partial charge < -0.3 is 9.30 Å². The lowest BCUT2D eigenvalue weighted by Crippen LogP contribution is -2.32. The molecule has 6 nitrogen and oxygen atoms in total. The van der Waals surface area contributed by atoms with Gasteiger partial charge in [0, 0.05) is 24.5 Å². The highest BCUT2D eigenvalue weighted by molar-refractivity contribution is 7.89. The average molecular weight is 454 g/mol. The van der Waals surface area contributed by atoms with E-state index in [2.05, 4.69) is 9.71 Å². The number of nitrogens with one attached hydrogen (secondary N) is 1. The highest BCUT2D eigenvalue weighted by Gasteiger charge is 2.30. The molecule has 1 atom stereocenters. The SMILES string of the molecule is COc1ccc([C@@H](NS(=O)(=O)c2c(C)c(Cl)cc(C)c2Cl)c2nccn2C)cc1. The van der Waals surface area contributed by atoms with E-state index in [0.717, 1.165) is 0 Å². The van der Waals surface area contributed by atoms with Gasteiger partial charge in [0.2, 0.25) is 10.0 Å². The molecule has 0 bridgehead atoms. The lowest BCUT2D eigenvalue weighted by Gasteiger charge is -2.21. The van der Waals surface area contributed by atoms with Crippen LogP contribution in [0.4, 0.5) is 0 Å². The number of halogens is 2. The zero-order valence-electron chi connectivity index (χ0n) is 16.4. The third-order valence-corrected chi connectivity index (χ3v) is 7.28. The van der Waals surface area contributed by atoms with Crippen LogP contribution in [0.2, 0.25) is 10.0 Å². The van der Waals surface area contributed by atoms with Crippen molar-refractivity contribution in [1.29, 1.82) is 0 Å². The summed E-state index contributed by atoms with van der Waals surface area (Å²) in [6, 6.07) is 8.03. The Morgan fingerprint density at radius 2 is 1.83 bits per heavy atom. The molecule has 2 aromatic carbocycles. The van der Waals surface area contributed by atoms with Crippen molar-refractivity contribution < 1.29 is 13.2 Å². The molecule has 0 spiro atoms. The number of sulfonamides is 1. The smallest absolute Gasteiger partial charge is 0.243 e. The second-order valence-electron chi connectivity index (χ2n) is 6.67. The number of methoxy groups -OCH3 is 1. The van der Waals surface area contributed by atoms with E-state index in [9.17, 15) is 8.42 Å². The zero-order valence-corrected chi connectivity index (χ0v) is 18.7. The molecule has 1 N–H and O–H groups in total. The number of rotatable bonds is 6. The van der Waals surface area contributed by atoms with Crippen LogP contribution in [0, 0.1) is 13.8 Å². The number of imidazole rings is 1. The maximum absolute atomic E-state index is 13.4. The summed E-state index contributed by atoms with van der Waals surface area (Å²) in [6.45, 7) is 3.34. The third-order valence-electron chi connectivity index (χ3n) is 4.70. The summed E-state index contributed by atoms with van der Waals surface area (Å²) in [5.41, 5.74) is 1.68. The lowest BCUT2D eigenvalue weighted by atomic mass is 10.1. The molecular formula is C20H21Cl2N3O3S. The summed E-state index contributed by atoms with van der Waals surface area (Å²) in [5.74, 6) is 1.20. The number of aromatic nitrogens is 2. The van der Waals surface area contributed by atoms with E-state index in [1.807, 2.05) is 0 Å². The number of nitrogens with zero attached hydrogens (tertiary/aromatic N) is 2. The van der Waals surface area contributed by atoms with Crippen LogP contribution in [-0.2, 0) is 17.1 Å². The first-order valence-electron chi connectivity index (χ1n) is 8.74. The van der Waals surface area contributed by atoms with Crippen molar-refractivity contribution in [2.75, 3.05) is 7.11 Å². The van der Waals surface area contributed by atoms with E-state index in [-0.39, 0.29) is 9.92 Å². The summed E-state index contributed by atoms with van der Waals surface area (Å²) in [5, 5.41) is 0.484. The maximum atomic E-state index is 13.4. The van der Waals surface area contributed by atoms with Crippen LogP contribution in [0.5, 0.6) is 5.75 Å². The Balaban J connectivity index is 2.12. The quantitative estimate of drug-likeness (QED) is 0.599. The minimum absolute atomic E-state index is 0.0307. The lowest BCUT2D eigenvalue weighted by molar-refractivity contribution is 0.414. The van der Waals surface area contributed by atoms with Gasteiger partial charge in [0.15, 0.2) is 0 Å². The van der Waals surface area contributed by atoms with Gasteiger partial charge in [0.05, 0.1) is 12.1 Å². The largest absolute Gasteiger partial charge is 0.497 e. The molecule has 1 heterocycles. The molecule has 3 aromatic rings. The van der Waals surface area contributed by atoms with Gasteiger partial charge in [-0.1, -0.05) is 35.3 Å². The molecule has 154 valence electrons. The normalized spacial score (nSPS) is 12.8. The van der Waals surface area contributed by atoms with Crippen molar-refractivity contribution in [3.05, 3.63) is 75.3 Å². The molecule has 29 heavy (non-hydrogen) atoms. The molecule has 0 unspecified atom stereocenters. The van der Waals surface area contributed by atoms with Crippen LogP contribution in [-0.4, -0.2) is 25.1 Å². The summed E-state index contributed by atoms with van der Waals surface area (Å²) >= 11 is 12.6. The topological polar surface area (TPSA) is 73.2 Å². The van der Waals surface area contributed by atoms with Crippen LogP contribution < -0.4 is 9.46 Å². The van der Waals surface area contributed by atoms with Gasteiger partial charge in [-0.15, -0.1) is 0 Å². The van der Waals surface area contributed by atoms with E-state index in [1.165, 1.54) is 0 Å². The van der Waals surface area contributed by atoms with Crippen molar-refractivity contribution >= 4 is 33.2 Å². The Morgan fingerprint density at radius 1 is 1.17 bits per heavy atom. The van der Waals surface area contributed by atoms with Crippen LogP contribution in [0.1, 0.15) is 28.6 Å². The van der Waals surface area contributed by atoms with Crippen LogP contribution in [0.15, 0.2) is 47.6 Å². The van der Waals surface area contributed by atoms with E-state index >= 15 is 0 Å². The fraction of sp³-hybridized carbons (Fsp3) is 0.250. The van der Waals surface area contributed by atoms with Gasteiger partial charge in [-0.2, -0.15) is 4.72 Å². The Hall–Kier alpha value is -2.06. The van der Waals surface area contributed by atoms with Crippen LogP contribution in [0.3, 0.4) is 0 Å². The summed E-state index contributed by atoms with van der Waals surface area (Å²) in [4.78, 5) is 4.31. The highest BCUT2D eigenvalue weighted by Crippen LogP contribution is 2.35. The second kappa shape index (κ2) is 8.36. The van der Waals surface area contributed by atoms with Gasteiger partial charge >= 0.3 is 0 Å². The van der Waals surface area contributed by atoms with Crippen molar-refractivity contribution in [3.63, 3.8) is 0 Å². The molecule has 0 saturated carbocycles. The van der Waals surface area contributed by atoms with Crippen molar-refractivity contribution in [2.24, 2.45) is 7.05 Å². The molecular weight excluding hydrogens is 433 g/mol. The molecule has 1 aromatic heterocycles. The van der Waals surface area contributed by atoms with Gasteiger partial charge in [0.1, 0.15) is 22.5 Å². The first-order chi connectivity index (χ1) is 13.7. The fourth-order valence-electron chi connectivity index (χ4n) is 3.07. The predicted molar refractivity (Wildman–Crippen MR) is 114 cm³/mol. The molecule has 0 aliphatic carbocycles. The fourth-order valence-corrected chi connectivity index (χ4v) is 5.46. The molecule has 3 rings (SSSR count). The Labute approximate surface area is 180 Å². The molecule has 0 saturated heterocycles. The minimum Gasteiger partial charge on any atom is -0.497 e. The second-order valence-corrected chi connectivity index (χ2v) is 9.10. The van der Waals surface area contributed by atoms with Crippen molar-refractivity contribution in [2.45, 2.75) is 24.8 Å². The first-order valence-corrected chi connectivity index (χ1v) is 11.0. The van der Waals surface area contributed by atoms with Gasteiger partial charge in [0.25, 0.3) is 0 Å². The van der Waals surface area contributed by atoms with Crippen LogP contribution in [0.25, 0.3) is 0 Å². The number of hydrogen-bond acceptors (Lipinski definition) is 4. The summed E-state index contributed by atoms with van der Waals surface area (Å²) in [7, 11) is -0.653. The molecule has 0 radical (unpaired) electrons. The molecule has 0 fully saturated rings. The summed E-state index contributed by atoms with van der Waals surface area (Å²) in [6.07, 6.45) is 3.36. The van der Waals surface area contributed by atoms with Gasteiger partial charge in [-0.05, 0) is 48.7 Å². The molecule has 0 aliphatic rings. The third kappa shape index (κ3) is 4.28. The average Bonchev–Trinajstić information content (AvgIpc) is 3.10. The number of benzene rings is 2. The van der Waals surface area contributed by atoms with Gasteiger partial charge in [-0.25, -0.2) is 13.4 Å². The molecule has 0 aliphatic heterocycles.